The van der Waals surface area contributed by atoms with Crippen molar-refractivity contribution < 1.29 is 14.6 Å². The van der Waals surface area contributed by atoms with Gasteiger partial charge in [-0.3, -0.25) is 0 Å². The highest BCUT2D eigenvalue weighted by Gasteiger charge is 2.28. The van der Waals surface area contributed by atoms with E-state index >= 15 is 0 Å². The fraction of sp³-hybridized carbons (Fsp3) is 0.294. The Morgan fingerprint density at radius 3 is 2.95 bits per heavy atom. The lowest BCUT2D eigenvalue weighted by Gasteiger charge is -2.30. The molecule has 0 aromatic heterocycles. The van der Waals surface area contributed by atoms with Gasteiger partial charge in [-0.05, 0) is 35.4 Å². The SMILES string of the molecule is COCc1cccc(C2CC(O)c3cc(Br)ccc3O2)c1. The van der Waals surface area contributed by atoms with Gasteiger partial charge in [0.15, 0.2) is 0 Å². The highest BCUT2D eigenvalue weighted by Crippen LogP contribution is 2.41. The molecule has 2 aromatic rings. The third kappa shape index (κ3) is 3.12. The largest absolute Gasteiger partial charge is 0.485 e. The van der Waals surface area contributed by atoms with Gasteiger partial charge in [0, 0.05) is 23.6 Å². The maximum Gasteiger partial charge on any atom is 0.127 e. The van der Waals surface area contributed by atoms with Crippen molar-refractivity contribution in [3.05, 3.63) is 63.6 Å². The summed E-state index contributed by atoms with van der Waals surface area (Å²) >= 11 is 3.42. The molecule has 4 heteroatoms. The van der Waals surface area contributed by atoms with E-state index in [4.69, 9.17) is 9.47 Å². The Labute approximate surface area is 132 Å². The second-order valence-electron chi connectivity index (χ2n) is 5.22. The zero-order valence-electron chi connectivity index (χ0n) is 11.8. The molecule has 1 aliphatic rings. The maximum absolute atomic E-state index is 10.4. The van der Waals surface area contributed by atoms with Gasteiger partial charge in [-0.1, -0.05) is 34.1 Å². The van der Waals surface area contributed by atoms with E-state index in [0.29, 0.717) is 13.0 Å². The van der Waals surface area contributed by atoms with Crippen molar-refractivity contribution in [2.75, 3.05) is 7.11 Å². The van der Waals surface area contributed by atoms with Crippen molar-refractivity contribution in [1.82, 2.24) is 0 Å². The monoisotopic (exact) mass is 348 g/mol. The molecule has 0 spiro atoms. The minimum Gasteiger partial charge on any atom is -0.485 e. The number of benzene rings is 2. The molecule has 0 saturated carbocycles. The summed E-state index contributed by atoms with van der Waals surface area (Å²) in [5.41, 5.74) is 3.01. The zero-order valence-corrected chi connectivity index (χ0v) is 13.3. The topological polar surface area (TPSA) is 38.7 Å². The Morgan fingerprint density at radius 2 is 2.14 bits per heavy atom. The van der Waals surface area contributed by atoms with Crippen LogP contribution in [0.25, 0.3) is 0 Å². The molecule has 2 unspecified atom stereocenters. The second kappa shape index (κ2) is 6.18. The van der Waals surface area contributed by atoms with Crippen LogP contribution in [0, 0.1) is 0 Å². The molecule has 1 aliphatic heterocycles. The summed E-state index contributed by atoms with van der Waals surface area (Å²) in [5, 5.41) is 10.4. The van der Waals surface area contributed by atoms with E-state index in [1.165, 1.54) is 0 Å². The van der Waals surface area contributed by atoms with Crippen LogP contribution in [0.1, 0.15) is 35.3 Å². The molecule has 1 N–H and O–H groups in total. The van der Waals surface area contributed by atoms with Gasteiger partial charge in [-0.2, -0.15) is 0 Å². The first kappa shape index (κ1) is 14.6. The third-order valence-corrected chi connectivity index (χ3v) is 4.16. The summed E-state index contributed by atoms with van der Waals surface area (Å²) in [5.74, 6) is 0.749. The smallest absolute Gasteiger partial charge is 0.127 e. The summed E-state index contributed by atoms with van der Waals surface area (Å²) in [6, 6.07) is 13.9. The molecule has 0 aliphatic carbocycles. The Morgan fingerprint density at radius 1 is 1.29 bits per heavy atom. The fourth-order valence-electron chi connectivity index (χ4n) is 2.67. The van der Waals surface area contributed by atoms with Gasteiger partial charge >= 0.3 is 0 Å². The lowest BCUT2D eigenvalue weighted by molar-refractivity contribution is 0.0655. The number of aliphatic hydroxyl groups excluding tert-OH is 1. The molecule has 0 saturated heterocycles. The van der Waals surface area contributed by atoms with Crippen LogP contribution in [0.15, 0.2) is 46.9 Å². The van der Waals surface area contributed by atoms with Crippen LogP contribution < -0.4 is 4.74 Å². The average Bonchev–Trinajstić information content (AvgIpc) is 2.48. The number of rotatable bonds is 3. The standard InChI is InChI=1S/C17H17BrO3/c1-20-10-11-3-2-4-12(7-11)17-9-15(19)14-8-13(18)5-6-16(14)21-17/h2-8,15,17,19H,9-10H2,1H3. The van der Waals surface area contributed by atoms with E-state index in [1.54, 1.807) is 7.11 Å². The van der Waals surface area contributed by atoms with Gasteiger partial charge < -0.3 is 14.6 Å². The number of ether oxygens (including phenoxy) is 2. The molecule has 110 valence electrons. The van der Waals surface area contributed by atoms with Crippen LogP contribution in [-0.2, 0) is 11.3 Å². The number of hydrogen-bond donors (Lipinski definition) is 1. The molecule has 0 fully saturated rings. The van der Waals surface area contributed by atoms with Crippen molar-refractivity contribution >= 4 is 15.9 Å². The summed E-state index contributed by atoms with van der Waals surface area (Å²) in [6.07, 6.45) is -0.0901. The van der Waals surface area contributed by atoms with E-state index < -0.39 is 6.10 Å². The summed E-state index contributed by atoms with van der Waals surface area (Å²) in [4.78, 5) is 0. The van der Waals surface area contributed by atoms with E-state index in [0.717, 1.165) is 26.9 Å². The number of aliphatic hydroxyl groups is 1. The Hall–Kier alpha value is -1.36. The number of halogens is 1. The van der Waals surface area contributed by atoms with Gasteiger partial charge in [0.05, 0.1) is 12.7 Å². The molecule has 2 aromatic carbocycles. The van der Waals surface area contributed by atoms with Crippen LogP contribution in [0.3, 0.4) is 0 Å². The second-order valence-corrected chi connectivity index (χ2v) is 6.13. The summed E-state index contributed by atoms with van der Waals surface area (Å²) in [6.45, 7) is 0.576. The number of fused-ring (bicyclic) bond motifs is 1. The molecular weight excluding hydrogens is 332 g/mol. The van der Waals surface area contributed by atoms with Crippen molar-refractivity contribution in [2.45, 2.75) is 25.2 Å². The van der Waals surface area contributed by atoms with Crippen molar-refractivity contribution in [2.24, 2.45) is 0 Å². The predicted molar refractivity (Wildman–Crippen MR) is 84.2 cm³/mol. The molecule has 3 rings (SSSR count). The molecular formula is C17H17BrO3. The van der Waals surface area contributed by atoms with E-state index in [-0.39, 0.29) is 6.10 Å². The van der Waals surface area contributed by atoms with Crippen LogP contribution in [0.4, 0.5) is 0 Å². The van der Waals surface area contributed by atoms with Gasteiger partial charge in [0.25, 0.3) is 0 Å². The van der Waals surface area contributed by atoms with Gasteiger partial charge in [-0.25, -0.2) is 0 Å². The van der Waals surface area contributed by atoms with Crippen LogP contribution in [-0.4, -0.2) is 12.2 Å². The van der Waals surface area contributed by atoms with E-state index in [9.17, 15) is 5.11 Å². The van der Waals surface area contributed by atoms with Crippen LogP contribution >= 0.6 is 15.9 Å². The first-order valence-corrected chi connectivity index (χ1v) is 7.68. The molecule has 3 nitrogen and oxygen atoms in total. The van der Waals surface area contributed by atoms with Crippen LogP contribution in [0.5, 0.6) is 5.75 Å². The van der Waals surface area contributed by atoms with Gasteiger partial charge in [-0.15, -0.1) is 0 Å². The first-order valence-electron chi connectivity index (χ1n) is 6.89. The van der Waals surface area contributed by atoms with Crippen molar-refractivity contribution in [3.8, 4) is 5.75 Å². The lowest BCUT2D eigenvalue weighted by Crippen LogP contribution is -2.19. The highest BCUT2D eigenvalue weighted by atomic mass is 79.9. The Bertz CT molecular complexity index is 642. The van der Waals surface area contributed by atoms with Gasteiger partial charge in [0.1, 0.15) is 11.9 Å². The molecule has 1 heterocycles. The lowest BCUT2D eigenvalue weighted by atomic mass is 9.94. The van der Waals surface area contributed by atoms with Crippen LogP contribution in [0.2, 0.25) is 0 Å². The normalized spacial score (nSPS) is 20.7. The Kier molecular flexibility index (Phi) is 4.29. The average molecular weight is 349 g/mol. The van der Waals surface area contributed by atoms with E-state index in [1.807, 2.05) is 36.4 Å². The third-order valence-electron chi connectivity index (χ3n) is 3.67. The van der Waals surface area contributed by atoms with E-state index in [2.05, 4.69) is 22.0 Å². The number of hydrogen-bond acceptors (Lipinski definition) is 3. The minimum atomic E-state index is -0.512. The molecule has 0 amide bonds. The Balaban J connectivity index is 1.88. The predicted octanol–water partition coefficient (Wildman–Crippen LogP) is 4.15. The minimum absolute atomic E-state index is 0.134. The van der Waals surface area contributed by atoms with Crippen molar-refractivity contribution in [3.63, 3.8) is 0 Å². The number of methoxy groups -OCH3 is 1. The quantitative estimate of drug-likeness (QED) is 0.905. The molecule has 0 radical (unpaired) electrons. The first-order chi connectivity index (χ1) is 10.2. The molecule has 2 atom stereocenters. The molecule has 21 heavy (non-hydrogen) atoms. The fourth-order valence-corrected chi connectivity index (χ4v) is 3.05. The summed E-state index contributed by atoms with van der Waals surface area (Å²) < 4.78 is 12.2. The van der Waals surface area contributed by atoms with Gasteiger partial charge in [0.2, 0.25) is 0 Å². The maximum atomic E-state index is 10.4. The zero-order chi connectivity index (χ0) is 14.8. The van der Waals surface area contributed by atoms with Crippen molar-refractivity contribution in [1.29, 1.82) is 0 Å². The summed E-state index contributed by atoms with van der Waals surface area (Å²) in [7, 11) is 1.68. The molecule has 0 bridgehead atoms. The highest BCUT2D eigenvalue weighted by molar-refractivity contribution is 9.10.